The first-order chi connectivity index (χ1) is 7.58. The van der Waals surface area contributed by atoms with E-state index >= 15 is 0 Å². The lowest BCUT2D eigenvalue weighted by atomic mass is 10.1. The maximum absolute atomic E-state index is 12.7. The summed E-state index contributed by atoms with van der Waals surface area (Å²) in [6, 6.07) is 6.83. The predicted molar refractivity (Wildman–Crippen MR) is 55.5 cm³/mol. The third-order valence-electron chi connectivity index (χ3n) is 2.05. The van der Waals surface area contributed by atoms with Gasteiger partial charge < -0.3 is 10.8 Å². The number of carbonyl (C=O) groups is 1. The molecule has 1 aromatic heterocycles. The van der Waals surface area contributed by atoms with Gasteiger partial charge in [0.1, 0.15) is 11.6 Å². The summed E-state index contributed by atoms with van der Waals surface area (Å²) < 4.78 is 13.5. The van der Waals surface area contributed by atoms with E-state index in [0.717, 1.165) is 4.68 Å². The number of halogens is 1. The van der Waals surface area contributed by atoms with Crippen molar-refractivity contribution in [2.24, 2.45) is 0 Å². The lowest BCUT2D eigenvalue weighted by molar-refractivity contribution is 0.193. The van der Waals surface area contributed by atoms with Crippen LogP contribution in [-0.2, 0) is 0 Å². The van der Waals surface area contributed by atoms with Crippen LogP contribution in [0.5, 0.6) is 0 Å². The fourth-order valence-electron chi connectivity index (χ4n) is 1.37. The van der Waals surface area contributed by atoms with Crippen molar-refractivity contribution in [3.8, 4) is 11.3 Å². The van der Waals surface area contributed by atoms with Crippen molar-refractivity contribution in [2.75, 3.05) is 5.73 Å². The number of nitrogens with zero attached hydrogens (tertiary/aromatic N) is 2. The molecule has 0 spiro atoms. The second-order valence-corrected chi connectivity index (χ2v) is 3.16. The lowest BCUT2D eigenvalue weighted by Gasteiger charge is -2.01. The van der Waals surface area contributed by atoms with Crippen LogP contribution in [0.1, 0.15) is 0 Å². The Morgan fingerprint density at radius 1 is 1.38 bits per heavy atom. The average molecular weight is 221 g/mol. The van der Waals surface area contributed by atoms with Crippen molar-refractivity contribution in [1.82, 2.24) is 9.78 Å². The minimum absolute atomic E-state index is 0.0988. The first-order valence-electron chi connectivity index (χ1n) is 4.42. The Labute approximate surface area is 89.9 Å². The Bertz CT molecular complexity index is 533. The predicted octanol–water partition coefficient (Wildman–Crippen LogP) is 1.80. The van der Waals surface area contributed by atoms with E-state index in [9.17, 15) is 9.18 Å². The zero-order valence-electron chi connectivity index (χ0n) is 8.09. The van der Waals surface area contributed by atoms with Crippen LogP contribution in [0.4, 0.5) is 15.0 Å². The number of aromatic nitrogens is 2. The van der Waals surface area contributed by atoms with Gasteiger partial charge in [0.05, 0.1) is 5.69 Å². The number of hydrogen-bond acceptors (Lipinski definition) is 3. The van der Waals surface area contributed by atoms with Gasteiger partial charge in [-0.3, -0.25) is 0 Å². The summed E-state index contributed by atoms with van der Waals surface area (Å²) in [5.74, 6) is -0.292. The van der Waals surface area contributed by atoms with E-state index < -0.39 is 11.9 Å². The number of carboxylic acid groups (broad SMARTS) is 1. The van der Waals surface area contributed by atoms with E-state index in [0.29, 0.717) is 11.3 Å². The monoisotopic (exact) mass is 221 g/mol. The van der Waals surface area contributed by atoms with Gasteiger partial charge in [0.25, 0.3) is 0 Å². The Kier molecular flexibility index (Phi) is 2.32. The number of rotatable bonds is 1. The summed E-state index contributed by atoms with van der Waals surface area (Å²) in [6.45, 7) is 0. The summed E-state index contributed by atoms with van der Waals surface area (Å²) in [5.41, 5.74) is 6.26. The molecule has 0 radical (unpaired) electrons. The molecule has 0 aliphatic rings. The molecule has 5 nitrogen and oxygen atoms in total. The van der Waals surface area contributed by atoms with Crippen molar-refractivity contribution in [1.29, 1.82) is 0 Å². The van der Waals surface area contributed by atoms with Crippen LogP contribution in [-0.4, -0.2) is 21.0 Å². The van der Waals surface area contributed by atoms with Crippen LogP contribution >= 0.6 is 0 Å². The molecule has 1 heterocycles. The average Bonchev–Trinajstić information content (AvgIpc) is 2.61. The number of benzene rings is 1. The van der Waals surface area contributed by atoms with Gasteiger partial charge in [-0.25, -0.2) is 9.18 Å². The number of anilines is 1. The second-order valence-electron chi connectivity index (χ2n) is 3.16. The molecule has 0 unspecified atom stereocenters. The van der Waals surface area contributed by atoms with Gasteiger partial charge in [0.2, 0.25) is 0 Å². The van der Waals surface area contributed by atoms with Gasteiger partial charge >= 0.3 is 6.09 Å². The molecule has 6 heteroatoms. The van der Waals surface area contributed by atoms with Crippen molar-refractivity contribution in [2.45, 2.75) is 0 Å². The fraction of sp³-hybridized carbons (Fsp3) is 0. The minimum Gasteiger partial charge on any atom is -0.463 e. The molecule has 0 saturated carbocycles. The van der Waals surface area contributed by atoms with Gasteiger partial charge in [-0.2, -0.15) is 4.68 Å². The smallest absolute Gasteiger partial charge is 0.432 e. The third-order valence-corrected chi connectivity index (χ3v) is 2.05. The molecule has 1 aromatic carbocycles. The first-order valence-corrected chi connectivity index (χ1v) is 4.42. The van der Waals surface area contributed by atoms with Gasteiger partial charge in [-0.15, -0.1) is 5.10 Å². The molecule has 0 saturated heterocycles. The normalized spacial score (nSPS) is 10.3. The Morgan fingerprint density at radius 2 is 2.00 bits per heavy atom. The molecule has 16 heavy (non-hydrogen) atoms. The molecule has 3 N–H and O–H groups in total. The quantitative estimate of drug-likeness (QED) is 0.769. The van der Waals surface area contributed by atoms with Gasteiger partial charge in [-0.05, 0) is 24.3 Å². The second kappa shape index (κ2) is 3.65. The summed E-state index contributed by atoms with van der Waals surface area (Å²) in [5, 5.41) is 12.5. The highest BCUT2D eigenvalue weighted by Crippen LogP contribution is 2.21. The molecule has 0 amide bonds. The van der Waals surface area contributed by atoms with E-state index in [1.807, 2.05) is 0 Å². The maximum atomic E-state index is 12.7. The van der Waals surface area contributed by atoms with E-state index in [-0.39, 0.29) is 5.82 Å². The Hall–Kier alpha value is -2.37. The van der Waals surface area contributed by atoms with Crippen LogP contribution < -0.4 is 5.73 Å². The summed E-state index contributed by atoms with van der Waals surface area (Å²) in [7, 11) is 0. The highest BCUT2D eigenvalue weighted by Gasteiger charge is 2.13. The first kappa shape index (κ1) is 10.2. The minimum atomic E-state index is -1.24. The molecule has 0 atom stereocenters. The number of nitrogen functional groups attached to an aromatic ring is 1. The van der Waals surface area contributed by atoms with Crippen LogP contribution in [0.3, 0.4) is 0 Å². The van der Waals surface area contributed by atoms with Gasteiger partial charge in [-0.1, -0.05) is 0 Å². The molecule has 2 rings (SSSR count). The number of hydrogen-bond donors (Lipinski definition) is 2. The van der Waals surface area contributed by atoms with E-state index in [1.54, 1.807) is 0 Å². The molecule has 0 fully saturated rings. The zero-order valence-corrected chi connectivity index (χ0v) is 8.09. The summed E-state index contributed by atoms with van der Waals surface area (Å²) in [6.07, 6.45) is -1.24. The van der Waals surface area contributed by atoms with E-state index in [1.165, 1.54) is 30.3 Å². The zero-order chi connectivity index (χ0) is 11.7. The Balaban J connectivity index is 2.55. The highest BCUT2D eigenvalue weighted by molar-refractivity contribution is 5.77. The van der Waals surface area contributed by atoms with Crippen molar-refractivity contribution in [3.05, 3.63) is 36.1 Å². The van der Waals surface area contributed by atoms with Crippen molar-refractivity contribution < 1.29 is 14.3 Å². The van der Waals surface area contributed by atoms with Crippen LogP contribution in [0.2, 0.25) is 0 Å². The van der Waals surface area contributed by atoms with Crippen LogP contribution in [0.15, 0.2) is 30.3 Å². The topological polar surface area (TPSA) is 81.1 Å². The fourth-order valence-corrected chi connectivity index (χ4v) is 1.37. The largest absolute Gasteiger partial charge is 0.463 e. The molecular formula is C10H8FN3O2. The van der Waals surface area contributed by atoms with Crippen LogP contribution in [0.25, 0.3) is 11.3 Å². The molecule has 82 valence electrons. The van der Waals surface area contributed by atoms with Crippen molar-refractivity contribution in [3.63, 3.8) is 0 Å². The van der Waals surface area contributed by atoms with E-state index in [2.05, 4.69) is 5.10 Å². The molecule has 0 aliphatic heterocycles. The Morgan fingerprint density at radius 3 is 2.56 bits per heavy atom. The molecule has 0 bridgehead atoms. The van der Waals surface area contributed by atoms with Gasteiger partial charge in [0, 0.05) is 11.6 Å². The molecule has 0 aliphatic carbocycles. The number of nitrogens with two attached hydrogens (primary N) is 1. The standard InChI is InChI=1S/C10H8FN3O2/c11-7-3-1-6(2-4-7)8-5-9(12)13-14(8)10(15)16/h1-5H,(H2,12,13)(H,15,16). The van der Waals surface area contributed by atoms with E-state index in [4.69, 9.17) is 10.8 Å². The van der Waals surface area contributed by atoms with Gasteiger partial charge in [0.15, 0.2) is 0 Å². The summed E-state index contributed by atoms with van der Waals surface area (Å²) in [4.78, 5) is 10.8. The molecule has 2 aromatic rings. The highest BCUT2D eigenvalue weighted by atomic mass is 19.1. The van der Waals surface area contributed by atoms with Crippen molar-refractivity contribution >= 4 is 11.9 Å². The maximum Gasteiger partial charge on any atom is 0.432 e. The van der Waals surface area contributed by atoms with Crippen LogP contribution in [0, 0.1) is 5.82 Å². The SMILES string of the molecule is Nc1cc(-c2ccc(F)cc2)n(C(=O)O)n1. The lowest BCUT2D eigenvalue weighted by Crippen LogP contribution is -2.11. The summed E-state index contributed by atoms with van der Waals surface area (Å²) >= 11 is 0. The third kappa shape index (κ3) is 1.72. The molecular weight excluding hydrogens is 213 g/mol.